The van der Waals surface area contributed by atoms with Crippen LogP contribution in [0.5, 0.6) is 0 Å². The molecule has 0 N–H and O–H groups in total. The van der Waals surface area contributed by atoms with Crippen LogP contribution in [0.2, 0.25) is 0 Å². The van der Waals surface area contributed by atoms with Crippen LogP contribution in [0.15, 0.2) is 0 Å². The van der Waals surface area contributed by atoms with E-state index in [4.69, 9.17) is 0 Å². The van der Waals surface area contributed by atoms with E-state index in [-0.39, 0.29) is 0 Å². The van der Waals surface area contributed by atoms with Gasteiger partial charge in [0.1, 0.15) is 0 Å². The second-order valence-electron chi connectivity index (χ2n) is 3.54. The second-order valence-corrected chi connectivity index (χ2v) is 3.54. The third kappa shape index (κ3) is 4.64. The minimum atomic E-state index is 0.678. The Morgan fingerprint density at radius 2 is 1.77 bits per heavy atom. The van der Waals surface area contributed by atoms with Crippen molar-refractivity contribution in [1.82, 2.24) is 0 Å². The number of hydrogen-bond donors (Lipinski definition) is 0. The number of hydrogen-bond acceptors (Lipinski definition) is 0. The Kier molecular flexibility index (Phi) is 5.19. The van der Waals surface area contributed by atoms with E-state index in [2.05, 4.69) is 30.6 Å². The third-order valence-corrected chi connectivity index (χ3v) is 2.39. The van der Waals surface area contributed by atoms with Gasteiger partial charge in [-0.25, -0.2) is 0 Å². The molecule has 0 radical (unpaired) electrons. The first-order valence-corrected chi connectivity index (χ1v) is 5.37. The molecule has 0 aromatic rings. The summed E-state index contributed by atoms with van der Waals surface area (Å²) in [5.74, 6) is 13.3. The van der Waals surface area contributed by atoms with Gasteiger partial charge in [0.2, 0.25) is 0 Å². The van der Waals surface area contributed by atoms with Gasteiger partial charge in [-0.1, -0.05) is 43.9 Å². The van der Waals surface area contributed by atoms with Crippen molar-refractivity contribution in [1.29, 1.82) is 0 Å². The van der Waals surface area contributed by atoms with Crippen LogP contribution in [0.3, 0.4) is 0 Å². The summed E-state index contributed by atoms with van der Waals surface area (Å²) in [5, 5.41) is 0. The molecule has 0 heteroatoms. The van der Waals surface area contributed by atoms with Crippen LogP contribution in [0.25, 0.3) is 0 Å². The molecule has 1 fully saturated rings. The van der Waals surface area contributed by atoms with Gasteiger partial charge in [-0.05, 0) is 12.8 Å². The van der Waals surface area contributed by atoms with E-state index in [1.54, 1.807) is 0 Å². The molecule has 0 spiro atoms. The maximum Gasteiger partial charge on any atom is 0.0702 e. The molecule has 0 amide bonds. The smallest absolute Gasteiger partial charge is 0.0702 e. The van der Waals surface area contributed by atoms with Gasteiger partial charge >= 0.3 is 0 Å². The minimum absolute atomic E-state index is 0.678. The average Bonchev–Trinajstić information content (AvgIpc) is 2.19. The summed E-state index contributed by atoms with van der Waals surface area (Å²) in [6.07, 6.45) is 8.51. The maximum absolute atomic E-state index is 3.33. The van der Waals surface area contributed by atoms with Crippen molar-refractivity contribution in [2.24, 2.45) is 5.92 Å². The third-order valence-electron chi connectivity index (χ3n) is 2.39. The highest BCUT2D eigenvalue weighted by Crippen LogP contribution is 2.22. The lowest BCUT2D eigenvalue weighted by atomic mass is 9.90. The summed E-state index contributed by atoms with van der Waals surface area (Å²) in [6.45, 7) is 2.07. The molecule has 0 unspecified atom stereocenters. The normalized spacial score (nSPS) is 16.7. The molecule has 0 saturated heterocycles. The Balaban J connectivity index is 2.20. The molecule has 1 saturated carbocycles. The Morgan fingerprint density at radius 3 is 2.46 bits per heavy atom. The van der Waals surface area contributed by atoms with Gasteiger partial charge in [0, 0.05) is 12.3 Å². The van der Waals surface area contributed by atoms with Crippen molar-refractivity contribution >= 4 is 0 Å². The van der Waals surface area contributed by atoms with Gasteiger partial charge < -0.3 is 0 Å². The fourth-order valence-electron chi connectivity index (χ4n) is 1.67. The minimum Gasteiger partial charge on any atom is -0.103 e. The molecular weight excluding hydrogens is 156 g/mol. The zero-order valence-electron chi connectivity index (χ0n) is 8.53. The van der Waals surface area contributed by atoms with Crippen molar-refractivity contribution < 1.29 is 0 Å². The summed E-state index contributed by atoms with van der Waals surface area (Å²) in [7, 11) is 0. The van der Waals surface area contributed by atoms with Gasteiger partial charge in [0.25, 0.3) is 0 Å². The zero-order chi connectivity index (χ0) is 9.36. The van der Waals surface area contributed by atoms with E-state index in [0.29, 0.717) is 5.92 Å². The van der Waals surface area contributed by atoms with Crippen LogP contribution in [0.1, 0.15) is 51.9 Å². The lowest BCUT2D eigenvalue weighted by Crippen LogP contribution is -2.02. The highest BCUT2D eigenvalue weighted by molar-refractivity contribution is 5.13. The largest absolute Gasteiger partial charge is 0.103 e. The van der Waals surface area contributed by atoms with Crippen LogP contribution in [0.4, 0.5) is 0 Å². The molecule has 70 valence electrons. The van der Waals surface area contributed by atoms with Crippen molar-refractivity contribution in [3.8, 4) is 23.7 Å². The molecule has 1 aliphatic carbocycles. The van der Waals surface area contributed by atoms with E-state index in [0.717, 1.165) is 12.8 Å². The number of rotatable bonds is 0. The molecule has 0 atom stereocenters. The predicted molar refractivity (Wildman–Crippen MR) is 57.0 cm³/mol. The van der Waals surface area contributed by atoms with Crippen LogP contribution in [-0.4, -0.2) is 0 Å². The Labute approximate surface area is 82.1 Å². The summed E-state index contributed by atoms with van der Waals surface area (Å²) >= 11 is 0. The van der Waals surface area contributed by atoms with E-state index in [1.165, 1.54) is 32.1 Å². The summed E-state index contributed by atoms with van der Waals surface area (Å²) in [4.78, 5) is 0. The van der Waals surface area contributed by atoms with Crippen LogP contribution in [-0.2, 0) is 0 Å². The van der Waals surface area contributed by atoms with Crippen LogP contribution in [0, 0.1) is 29.6 Å². The van der Waals surface area contributed by atoms with Gasteiger partial charge in [0.15, 0.2) is 0 Å². The molecule has 0 nitrogen and oxygen atoms in total. The first-order chi connectivity index (χ1) is 6.43. The molecule has 0 bridgehead atoms. The van der Waals surface area contributed by atoms with Crippen LogP contribution >= 0.6 is 0 Å². The predicted octanol–water partition coefficient (Wildman–Crippen LogP) is 3.37. The van der Waals surface area contributed by atoms with Crippen molar-refractivity contribution in [2.45, 2.75) is 51.9 Å². The molecular formula is C13H18. The fraction of sp³-hybridized carbons (Fsp3) is 0.692. The van der Waals surface area contributed by atoms with E-state index >= 15 is 0 Å². The first-order valence-electron chi connectivity index (χ1n) is 5.37. The highest BCUT2D eigenvalue weighted by Gasteiger charge is 2.09. The molecule has 1 rings (SSSR count). The van der Waals surface area contributed by atoms with Crippen molar-refractivity contribution in [2.75, 3.05) is 0 Å². The molecule has 0 aromatic carbocycles. The second kappa shape index (κ2) is 6.62. The Morgan fingerprint density at radius 1 is 1.00 bits per heavy atom. The maximum atomic E-state index is 3.33. The fourth-order valence-corrected chi connectivity index (χ4v) is 1.67. The lowest BCUT2D eigenvalue weighted by molar-refractivity contribution is 0.430. The molecule has 0 heterocycles. The summed E-state index contributed by atoms with van der Waals surface area (Å²) in [6, 6.07) is 0. The standard InChI is InChI=1S/C13H18/c1-2-3-4-5-7-10-13-11-8-6-9-12-13/h13H,2,5-6,8-9,11-12H2,1H3. The lowest BCUT2D eigenvalue weighted by Gasteiger charge is -2.15. The Bertz CT molecular complexity index is 235. The SMILES string of the molecule is CCC#CCC#CC1CCCCC1. The van der Waals surface area contributed by atoms with Gasteiger partial charge in [-0.2, -0.15) is 0 Å². The van der Waals surface area contributed by atoms with Crippen molar-refractivity contribution in [3.63, 3.8) is 0 Å². The van der Waals surface area contributed by atoms with Gasteiger partial charge in [-0.3, -0.25) is 0 Å². The molecule has 0 aromatic heterocycles. The van der Waals surface area contributed by atoms with E-state index in [9.17, 15) is 0 Å². The van der Waals surface area contributed by atoms with Gasteiger partial charge in [-0.15, -0.1) is 5.92 Å². The van der Waals surface area contributed by atoms with E-state index < -0.39 is 0 Å². The molecule has 0 aliphatic heterocycles. The summed E-state index contributed by atoms with van der Waals surface area (Å²) in [5.41, 5.74) is 0. The average molecular weight is 174 g/mol. The molecule has 1 aliphatic rings. The first kappa shape index (κ1) is 10.2. The highest BCUT2D eigenvalue weighted by atomic mass is 14.1. The van der Waals surface area contributed by atoms with Crippen LogP contribution < -0.4 is 0 Å². The monoisotopic (exact) mass is 174 g/mol. The zero-order valence-corrected chi connectivity index (χ0v) is 8.53. The molecule has 13 heavy (non-hydrogen) atoms. The quantitative estimate of drug-likeness (QED) is 0.494. The van der Waals surface area contributed by atoms with E-state index in [1.807, 2.05) is 0 Å². The topological polar surface area (TPSA) is 0 Å². The van der Waals surface area contributed by atoms with Crippen molar-refractivity contribution in [3.05, 3.63) is 0 Å². The van der Waals surface area contributed by atoms with Gasteiger partial charge in [0.05, 0.1) is 6.42 Å². The summed E-state index contributed by atoms with van der Waals surface area (Å²) < 4.78 is 0. The Hall–Kier alpha value is -0.880.